The summed E-state index contributed by atoms with van der Waals surface area (Å²) in [7, 11) is 0. The molecule has 2 aliphatic carbocycles. The van der Waals surface area contributed by atoms with Crippen LogP contribution in [-0.4, -0.2) is 10.1 Å². The van der Waals surface area contributed by atoms with E-state index in [1.54, 1.807) is 6.07 Å². The summed E-state index contributed by atoms with van der Waals surface area (Å²) in [6, 6.07) is 1.75. The van der Waals surface area contributed by atoms with Crippen LogP contribution in [0.3, 0.4) is 0 Å². The highest BCUT2D eigenvalue weighted by atomic mass is 35.5. The summed E-state index contributed by atoms with van der Waals surface area (Å²) in [6.45, 7) is 0. The number of aliphatic hydroxyl groups excluding tert-OH is 1. The Morgan fingerprint density at radius 3 is 2.88 bits per heavy atom. The van der Waals surface area contributed by atoms with E-state index in [2.05, 4.69) is 4.98 Å². The quantitative estimate of drug-likeness (QED) is 0.851. The van der Waals surface area contributed by atoms with Gasteiger partial charge in [0.15, 0.2) is 0 Å². The number of halogens is 1. The van der Waals surface area contributed by atoms with Crippen molar-refractivity contribution < 1.29 is 5.11 Å². The van der Waals surface area contributed by atoms with Gasteiger partial charge in [0.1, 0.15) is 5.82 Å². The molecule has 4 heteroatoms. The highest BCUT2D eigenvalue weighted by Crippen LogP contribution is 2.53. The number of nitrogen functional groups attached to an aromatic ring is 1. The number of aromatic nitrogens is 1. The van der Waals surface area contributed by atoms with Crippen molar-refractivity contribution >= 4 is 17.4 Å². The largest absolute Gasteiger partial charge is 0.388 e. The fourth-order valence-electron chi connectivity index (χ4n) is 3.61. The maximum atomic E-state index is 10.5. The fourth-order valence-corrected chi connectivity index (χ4v) is 3.78. The number of hydrogen-bond donors (Lipinski definition) is 2. The van der Waals surface area contributed by atoms with E-state index in [1.165, 1.54) is 25.5 Å². The van der Waals surface area contributed by atoms with Crippen LogP contribution in [0.4, 0.5) is 5.82 Å². The molecule has 0 spiro atoms. The van der Waals surface area contributed by atoms with Crippen molar-refractivity contribution in [2.45, 2.75) is 31.8 Å². The predicted molar refractivity (Wildman–Crippen MR) is 67.6 cm³/mol. The van der Waals surface area contributed by atoms with E-state index < -0.39 is 6.10 Å². The van der Waals surface area contributed by atoms with Gasteiger partial charge in [0.2, 0.25) is 0 Å². The first kappa shape index (κ1) is 11.3. The first-order chi connectivity index (χ1) is 8.15. The molecule has 1 heterocycles. The van der Waals surface area contributed by atoms with Crippen molar-refractivity contribution in [1.29, 1.82) is 0 Å². The number of pyridine rings is 1. The molecule has 2 saturated carbocycles. The Hall–Kier alpha value is -0.800. The number of aliphatic hydroxyl groups is 1. The molecule has 4 atom stereocenters. The Kier molecular flexibility index (Phi) is 2.75. The first-order valence-corrected chi connectivity index (χ1v) is 6.62. The van der Waals surface area contributed by atoms with E-state index >= 15 is 0 Å². The zero-order chi connectivity index (χ0) is 12.0. The number of hydrogen-bond acceptors (Lipinski definition) is 3. The molecule has 0 amide bonds. The molecule has 0 saturated heterocycles. The monoisotopic (exact) mass is 252 g/mol. The second-order valence-electron chi connectivity index (χ2n) is 5.41. The minimum atomic E-state index is -0.503. The SMILES string of the molecule is Nc1ncc(Cl)cc1C(O)C1CC2CCC1C2. The van der Waals surface area contributed by atoms with Crippen LogP contribution < -0.4 is 5.73 Å². The van der Waals surface area contributed by atoms with Gasteiger partial charge < -0.3 is 10.8 Å². The van der Waals surface area contributed by atoms with E-state index in [0.717, 1.165) is 12.3 Å². The predicted octanol–water partition coefficient (Wildman–Crippen LogP) is 2.79. The molecular formula is C13H17ClN2O. The summed E-state index contributed by atoms with van der Waals surface area (Å²) in [6.07, 6.45) is 6.00. The van der Waals surface area contributed by atoms with Crippen LogP contribution >= 0.6 is 11.6 Å². The maximum absolute atomic E-state index is 10.5. The highest BCUT2D eigenvalue weighted by molar-refractivity contribution is 6.30. The number of nitrogens with two attached hydrogens (primary N) is 1. The lowest BCUT2D eigenvalue weighted by molar-refractivity contribution is 0.0749. The van der Waals surface area contributed by atoms with Crippen molar-refractivity contribution in [1.82, 2.24) is 4.98 Å². The first-order valence-electron chi connectivity index (χ1n) is 6.24. The van der Waals surface area contributed by atoms with E-state index in [4.69, 9.17) is 17.3 Å². The molecule has 17 heavy (non-hydrogen) atoms. The summed E-state index contributed by atoms with van der Waals surface area (Å²) in [5.74, 6) is 2.22. The van der Waals surface area contributed by atoms with Crippen molar-refractivity contribution in [3.05, 3.63) is 22.8 Å². The van der Waals surface area contributed by atoms with Crippen LogP contribution in [0.5, 0.6) is 0 Å². The molecule has 92 valence electrons. The summed E-state index contributed by atoms with van der Waals surface area (Å²) < 4.78 is 0. The lowest BCUT2D eigenvalue weighted by atomic mass is 9.82. The van der Waals surface area contributed by atoms with Gasteiger partial charge in [-0.05, 0) is 43.1 Å². The van der Waals surface area contributed by atoms with Crippen molar-refractivity contribution in [2.24, 2.45) is 17.8 Å². The van der Waals surface area contributed by atoms with Crippen LogP contribution in [0.2, 0.25) is 5.02 Å². The fraction of sp³-hybridized carbons (Fsp3) is 0.615. The van der Waals surface area contributed by atoms with Crippen LogP contribution in [0, 0.1) is 17.8 Å². The molecule has 3 rings (SSSR count). The lowest BCUT2D eigenvalue weighted by Gasteiger charge is -2.27. The van der Waals surface area contributed by atoms with E-state index in [-0.39, 0.29) is 0 Å². The Balaban J connectivity index is 1.86. The van der Waals surface area contributed by atoms with Gasteiger partial charge in [-0.1, -0.05) is 18.0 Å². The molecule has 4 unspecified atom stereocenters. The third-order valence-electron chi connectivity index (χ3n) is 4.43. The van der Waals surface area contributed by atoms with Crippen LogP contribution in [0.1, 0.15) is 37.4 Å². The lowest BCUT2D eigenvalue weighted by Crippen LogP contribution is -2.20. The smallest absolute Gasteiger partial charge is 0.129 e. The molecule has 0 radical (unpaired) electrons. The molecule has 0 aliphatic heterocycles. The van der Waals surface area contributed by atoms with Crippen LogP contribution in [0.15, 0.2) is 12.3 Å². The zero-order valence-electron chi connectivity index (χ0n) is 9.64. The molecule has 1 aromatic heterocycles. The van der Waals surface area contributed by atoms with Gasteiger partial charge in [0.25, 0.3) is 0 Å². The molecular weight excluding hydrogens is 236 g/mol. The molecule has 2 bridgehead atoms. The van der Waals surface area contributed by atoms with E-state index in [1.807, 2.05) is 0 Å². The average molecular weight is 253 g/mol. The van der Waals surface area contributed by atoms with Gasteiger partial charge >= 0.3 is 0 Å². The highest BCUT2D eigenvalue weighted by Gasteiger charge is 2.43. The standard InChI is InChI=1S/C13H17ClN2O/c14-9-5-11(13(15)16-6-9)12(17)10-4-7-1-2-8(10)3-7/h5-8,10,12,17H,1-4H2,(H2,15,16). The van der Waals surface area contributed by atoms with Crippen LogP contribution in [0.25, 0.3) is 0 Å². The van der Waals surface area contributed by atoms with Crippen molar-refractivity contribution in [3.63, 3.8) is 0 Å². The average Bonchev–Trinajstić information content (AvgIpc) is 2.93. The number of fused-ring (bicyclic) bond motifs is 2. The Bertz CT molecular complexity index is 437. The Morgan fingerprint density at radius 1 is 1.41 bits per heavy atom. The molecule has 3 nitrogen and oxygen atoms in total. The Labute approximate surface area is 106 Å². The molecule has 1 aromatic rings. The third kappa shape index (κ3) is 1.91. The summed E-state index contributed by atoms with van der Waals surface area (Å²) in [5, 5.41) is 11.0. The van der Waals surface area contributed by atoms with Crippen LogP contribution in [-0.2, 0) is 0 Å². The van der Waals surface area contributed by atoms with E-state index in [9.17, 15) is 5.11 Å². The summed E-state index contributed by atoms with van der Waals surface area (Å²) in [5.41, 5.74) is 6.53. The minimum absolute atomic E-state index is 0.344. The third-order valence-corrected chi connectivity index (χ3v) is 4.64. The van der Waals surface area contributed by atoms with Crippen molar-refractivity contribution in [3.8, 4) is 0 Å². The topological polar surface area (TPSA) is 59.1 Å². The number of rotatable bonds is 2. The second kappa shape index (κ2) is 4.14. The molecule has 3 N–H and O–H groups in total. The van der Waals surface area contributed by atoms with Gasteiger partial charge in [0.05, 0.1) is 11.1 Å². The molecule has 2 aliphatic rings. The van der Waals surface area contributed by atoms with Crippen molar-refractivity contribution in [2.75, 3.05) is 5.73 Å². The van der Waals surface area contributed by atoms with E-state index in [0.29, 0.717) is 28.2 Å². The molecule has 0 aromatic carbocycles. The normalized spacial score (nSPS) is 32.9. The van der Waals surface area contributed by atoms with Gasteiger partial charge in [-0.3, -0.25) is 0 Å². The maximum Gasteiger partial charge on any atom is 0.129 e. The summed E-state index contributed by atoms with van der Waals surface area (Å²) >= 11 is 5.92. The number of anilines is 1. The van der Waals surface area contributed by atoms with Gasteiger partial charge in [0, 0.05) is 11.8 Å². The second-order valence-corrected chi connectivity index (χ2v) is 5.85. The molecule has 2 fully saturated rings. The zero-order valence-corrected chi connectivity index (χ0v) is 10.4. The summed E-state index contributed by atoms with van der Waals surface area (Å²) in [4.78, 5) is 4.02. The Morgan fingerprint density at radius 2 is 2.24 bits per heavy atom. The van der Waals surface area contributed by atoms with Gasteiger partial charge in [-0.15, -0.1) is 0 Å². The number of nitrogens with zero attached hydrogens (tertiary/aromatic N) is 1. The van der Waals surface area contributed by atoms with Gasteiger partial charge in [-0.25, -0.2) is 4.98 Å². The van der Waals surface area contributed by atoms with Gasteiger partial charge in [-0.2, -0.15) is 0 Å². The minimum Gasteiger partial charge on any atom is -0.388 e.